The van der Waals surface area contributed by atoms with Gasteiger partial charge >= 0.3 is 0 Å². The van der Waals surface area contributed by atoms with Crippen molar-refractivity contribution < 1.29 is 13.3 Å². The number of nitrogens with one attached hydrogen (secondary N) is 1. The quantitative estimate of drug-likeness (QED) is 0.445. The second-order valence-corrected chi connectivity index (χ2v) is 8.60. The number of rotatable bonds is 7. The highest BCUT2D eigenvalue weighted by Crippen LogP contribution is 2.29. The first kappa shape index (κ1) is 19.9. The standard InChI is InChI=1S/C19H17N3O4S2/c20-28(25,26)17-10-11-18(19(12-17)22(23)24)21-13-14-6-8-16(9-7-14)27-15-4-2-1-3-5-15/h1-12,21H,13H2,(H2,20,25,26). The molecule has 28 heavy (non-hydrogen) atoms. The Kier molecular flexibility index (Phi) is 5.98. The van der Waals surface area contributed by atoms with E-state index < -0.39 is 14.9 Å². The van der Waals surface area contributed by atoms with Gasteiger partial charge in [0.25, 0.3) is 5.69 Å². The van der Waals surface area contributed by atoms with Crippen LogP contribution in [0, 0.1) is 10.1 Å². The molecule has 0 spiro atoms. The normalized spacial score (nSPS) is 11.2. The topological polar surface area (TPSA) is 115 Å². The number of nitrogens with zero attached hydrogens (tertiary/aromatic N) is 1. The van der Waals surface area contributed by atoms with Crippen LogP contribution in [-0.4, -0.2) is 13.3 Å². The Labute approximate surface area is 166 Å². The van der Waals surface area contributed by atoms with E-state index in [1.165, 1.54) is 12.1 Å². The molecule has 0 unspecified atom stereocenters. The zero-order valence-electron chi connectivity index (χ0n) is 14.6. The molecular formula is C19H17N3O4S2. The fourth-order valence-corrected chi connectivity index (χ4v) is 3.86. The molecule has 7 nitrogen and oxygen atoms in total. The van der Waals surface area contributed by atoms with Crippen LogP contribution in [0.4, 0.5) is 11.4 Å². The maximum atomic E-state index is 11.4. The van der Waals surface area contributed by atoms with Crippen LogP contribution < -0.4 is 10.5 Å². The largest absolute Gasteiger partial charge is 0.375 e. The van der Waals surface area contributed by atoms with Crippen molar-refractivity contribution in [1.29, 1.82) is 0 Å². The second kappa shape index (κ2) is 8.42. The Balaban J connectivity index is 1.71. The Bertz CT molecular complexity index is 1090. The molecule has 0 aliphatic rings. The maximum absolute atomic E-state index is 11.4. The fourth-order valence-electron chi connectivity index (χ4n) is 2.49. The number of nitro benzene ring substituents is 1. The van der Waals surface area contributed by atoms with Crippen LogP contribution in [0.1, 0.15) is 5.56 Å². The number of nitro groups is 1. The van der Waals surface area contributed by atoms with Crippen molar-refractivity contribution in [2.24, 2.45) is 5.14 Å². The molecule has 0 aromatic heterocycles. The molecule has 3 aromatic carbocycles. The van der Waals surface area contributed by atoms with Gasteiger partial charge in [-0.15, -0.1) is 0 Å². The number of anilines is 1. The van der Waals surface area contributed by atoms with Gasteiger partial charge in [0.1, 0.15) is 5.69 Å². The Morgan fingerprint density at radius 1 is 0.964 bits per heavy atom. The molecule has 9 heteroatoms. The van der Waals surface area contributed by atoms with Gasteiger partial charge in [0.05, 0.1) is 9.82 Å². The molecule has 0 atom stereocenters. The van der Waals surface area contributed by atoms with Crippen LogP contribution in [0.25, 0.3) is 0 Å². The SMILES string of the molecule is NS(=O)(=O)c1ccc(NCc2ccc(Sc3ccccc3)cc2)c([N+](=O)[O-])c1. The third-order valence-corrected chi connectivity index (χ3v) is 5.81. The minimum Gasteiger partial charge on any atom is -0.375 e. The smallest absolute Gasteiger partial charge is 0.293 e. The lowest BCUT2D eigenvalue weighted by molar-refractivity contribution is -0.384. The zero-order chi connectivity index (χ0) is 20.1. The predicted octanol–water partition coefficient (Wildman–Crippen LogP) is 4.01. The lowest BCUT2D eigenvalue weighted by Gasteiger charge is -2.09. The van der Waals surface area contributed by atoms with Gasteiger partial charge in [0, 0.05) is 22.4 Å². The summed E-state index contributed by atoms with van der Waals surface area (Å²) in [4.78, 5) is 12.5. The van der Waals surface area contributed by atoms with E-state index >= 15 is 0 Å². The molecule has 0 radical (unpaired) electrons. The van der Waals surface area contributed by atoms with E-state index in [1.807, 2.05) is 54.6 Å². The number of benzene rings is 3. The predicted molar refractivity (Wildman–Crippen MR) is 109 cm³/mol. The van der Waals surface area contributed by atoms with Gasteiger partial charge in [0.15, 0.2) is 0 Å². The first-order valence-electron chi connectivity index (χ1n) is 8.20. The summed E-state index contributed by atoms with van der Waals surface area (Å²) in [6.45, 7) is 0.353. The summed E-state index contributed by atoms with van der Waals surface area (Å²) in [6.07, 6.45) is 0. The molecule has 0 bridgehead atoms. The third kappa shape index (κ3) is 5.10. The van der Waals surface area contributed by atoms with E-state index in [0.717, 1.165) is 21.4 Å². The summed E-state index contributed by atoms with van der Waals surface area (Å²) in [6, 6.07) is 21.4. The summed E-state index contributed by atoms with van der Waals surface area (Å²) < 4.78 is 22.8. The van der Waals surface area contributed by atoms with Gasteiger partial charge in [-0.1, -0.05) is 42.1 Å². The van der Waals surface area contributed by atoms with Crippen molar-refractivity contribution in [3.05, 3.63) is 88.5 Å². The van der Waals surface area contributed by atoms with Crippen LogP contribution in [-0.2, 0) is 16.6 Å². The molecule has 0 saturated heterocycles. The summed E-state index contributed by atoms with van der Waals surface area (Å²) in [5.41, 5.74) is 0.810. The first-order valence-corrected chi connectivity index (χ1v) is 10.6. The average Bonchev–Trinajstić information content (AvgIpc) is 2.67. The van der Waals surface area contributed by atoms with Crippen LogP contribution >= 0.6 is 11.8 Å². The molecule has 0 heterocycles. The van der Waals surface area contributed by atoms with Gasteiger partial charge < -0.3 is 5.32 Å². The minimum absolute atomic E-state index is 0.222. The van der Waals surface area contributed by atoms with E-state index in [9.17, 15) is 18.5 Å². The van der Waals surface area contributed by atoms with Crippen molar-refractivity contribution >= 4 is 33.2 Å². The van der Waals surface area contributed by atoms with Crippen molar-refractivity contribution in [3.63, 3.8) is 0 Å². The molecule has 0 saturated carbocycles. The first-order chi connectivity index (χ1) is 13.3. The third-order valence-electron chi connectivity index (χ3n) is 3.88. The molecule has 3 rings (SSSR count). The van der Waals surface area contributed by atoms with Crippen LogP contribution in [0.3, 0.4) is 0 Å². The Hall–Kier alpha value is -2.88. The molecule has 0 aliphatic carbocycles. The molecule has 3 N–H and O–H groups in total. The van der Waals surface area contributed by atoms with E-state index in [4.69, 9.17) is 5.14 Å². The van der Waals surface area contributed by atoms with Crippen molar-refractivity contribution in [3.8, 4) is 0 Å². The van der Waals surface area contributed by atoms with Crippen molar-refractivity contribution in [1.82, 2.24) is 0 Å². The van der Waals surface area contributed by atoms with Gasteiger partial charge in [-0.3, -0.25) is 10.1 Å². The van der Waals surface area contributed by atoms with Gasteiger partial charge in [-0.05, 0) is 42.0 Å². The minimum atomic E-state index is -4.01. The maximum Gasteiger partial charge on any atom is 0.293 e. The second-order valence-electron chi connectivity index (χ2n) is 5.89. The zero-order valence-corrected chi connectivity index (χ0v) is 16.2. The number of sulfonamides is 1. The number of primary sulfonamides is 1. The molecule has 3 aromatic rings. The van der Waals surface area contributed by atoms with E-state index in [0.29, 0.717) is 6.54 Å². The molecule has 0 fully saturated rings. The summed E-state index contributed by atoms with van der Waals surface area (Å²) in [7, 11) is -4.01. The molecule has 0 aliphatic heterocycles. The van der Waals surface area contributed by atoms with Crippen LogP contribution in [0.2, 0.25) is 0 Å². The lowest BCUT2D eigenvalue weighted by atomic mass is 10.2. The summed E-state index contributed by atoms with van der Waals surface area (Å²) >= 11 is 1.64. The number of hydrogen-bond donors (Lipinski definition) is 2. The van der Waals surface area contributed by atoms with Gasteiger partial charge in [-0.25, -0.2) is 13.6 Å². The summed E-state index contributed by atoms with van der Waals surface area (Å²) in [5, 5.41) is 19.3. The Morgan fingerprint density at radius 3 is 2.21 bits per heavy atom. The highest BCUT2D eigenvalue weighted by atomic mass is 32.2. The molecule has 144 valence electrons. The number of nitrogens with two attached hydrogens (primary N) is 1. The van der Waals surface area contributed by atoms with Gasteiger partial charge in [0.2, 0.25) is 10.0 Å². The Morgan fingerprint density at radius 2 is 1.61 bits per heavy atom. The van der Waals surface area contributed by atoms with E-state index in [-0.39, 0.29) is 16.3 Å². The van der Waals surface area contributed by atoms with E-state index in [2.05, 4.69) is 5.32 Å². The van der Waals surface area contributed by atoms with Crippen molar-refractivity contribution in [2.45, 2.75) is 21.2 Å². The van der Waals surface area contributed by atoms with Crippen LogP contribution in [0.5, 0.6) is 0 Å². The molecule has 0 amide bonds. The number of hydrogen-bond acceptors (Lipinski definition) is 6. The highest BCUT2D eigenvalue weighted by molar-refractivity contribution is 7.99. The fraction of sp³-hybridized carbons (Fsp3) is 0.0526. The van der Waals surface area contributed by atoms with Crippen LogP contribution in [0.15, 0.2) is 87.5 Å². The molecular weight excluding hydrogens is 398 g/mol. The highest BCUT2D eigenvalue weighted by Gasteiger charge is 2.18. The monoisotopic (exact) mass is 415 g/mol. The average molecular weight is 415 g/mol. The van der Waals surface area contributed by atoms with Crippen molar-refractivity contribution in [2.75, 3.05) is 5.32 Å². The van der Waals surface area contributed by atoms with Gasteiger partial charge in [-0.2, -0.15) is 0 Å². The summed E-state index contributed by atoms with van der Waals surface area (Å²) in [5.74, 6) is 0. The van der Waals surface area contributed by atoms with E-state index in [1.54, 1.807) is 11.8 Å². The lowest BCUT2D eigenvalue weighted by Crippen LogP contribution is -2.13.